The number of nitrogens with zero attached hydrogens (tertiary/aromatic N) is 1. The van der Waals surface area contributed by atoms with Crippen molar-refractivity contribution in [3.8, 4) is 5.75 Å². The van der Waals surface area contributed by atoms with Crippen LogP contribution in [-0.4, -0.2) is 36.5 Å². The molecule has 0 saturated carbocycles. The Hall–Kier alpha value is -2.33. The van der Waals surface area contributed by atoms with Gasteiger partial charge >= 0.3 is 0 Å². The third-order valence-electron chi connectivity index (χ3n) is 5.62. The highest BCUT2D eigenvalue weighted by Crippen LogP contribution is 2.28. The highest BCUT2D eigenvalue weighted by Gasteiger charge is 2.18. The molecule has 29 heavy (non-hydrogen) atoms. The van der Waals surface area contributed by atoms with E-state index >= 15 is 0 Å². The first-order valence-electron chi connectivity index (χ1n) is 10.8. The number of rotatable bonds is 8. The van der Waals surface area contributed by atoms with Crippen molar-refractivity contribution in [3.63, 3.8) is 0 Å². The first-order valence-corrected chi connectivity index (χ1v) is 10.8. The third kappa shape index (κ3) is 5.83. The Labute approximate surface area is 175 Å². The van der Waals surface area contributed by atoms with E-state index in [0.717, 1.165) is 49.4 Å². The molecular weight excluding hydrogens is 360 g/mol. The van der Waals surface area contributed by atoms with Crippen LogP contribution in [0.5, 0.6) is 5.75 Å². The summed E-state index contributed by atoms with van der Waals surface area (Å²) in [6.45, 7) is 11.9. The highest BCUT2D eigenvalue weighted by molar-refractivity contribution is 5.80. The summed E-state index contributed by atoms with van der Waals surface area (Å²) in [6.07, 6.45) is 1.56. The Morgan fingerprint density at radius 3 is 2.66 bits per heavy atom. The van der Waals surface area contributed by atoms with Crippen molar-refractivity contribution in [1.82, 2.24) is 10.2 Å². The normalized spacial score (nSPS) is 15.1. The Morgan fingerprint density at radius 2 is 1.90 bits per heavy atom. The number of carbonyl (C=O) groups excluding carboxylic acids is 1. The standard InChI is InChI=1S/C25H34N2O2/c1-18(2)23-11-10-19(3)16-24(23)29-20(4)25(28)26-13-7-14-27-15-12-21-8-5-6-9-22(21)17-27/h5-6,8-11,16,18,20H,7,12-15,17H2,1-4H3,(H,26,28). The van der Waals surface area contributed by atoms with Gasteiger partial charge in [0.2, 0.25) is 0 Å². The van der Waals surface area contributed by atoms with Crippen molar-refractivity contribution in [2.45, 2.75) is 59.1 Å². The van der Waals surface area contributed by atoms with Gasteiger partial charge < -0.3 is 10.1 Å². The van der Waals surface area contributed by atoms with E-state index < -0.39 is 6.10 Å². The van der Waals surface area contributed by atoms with Crippen molar-refractivity contribution >= 4 is 5.91 Å². The lowest BCUT2D eigenvalue weighted by Crippen LogP contribution is -2.38. The summed E-state index contributed by atoms with van der Waals surface area (Å²) < 4.78 is 6.01. The van der Waals surface area contributed by atoms with Crippen molar-refractivity contribution < 1.29 is 9.53 Å². The molecule has 0 spiro atoms. The number of aryl methyl sites for hydroxylation is 1. The van der Waals surface area contributed by atoms with Gasteiger partial charge in [0.25, 0.3) is 5.91 Å². The Morgan fingerprint density at radius 1 is 1.14 bits per heavy atom. The van der Waals surface area contributed by atoms with E-state index in [0.29, 0.717) is 12.5 Å². The van der Waals surface area contributed by atoms with Gasteiger partial charge in [-0.3, -0.25) is 9.69 Å². The van der Waals surface area contributed by atoms with Crippen LogP contribution < -0.4 is 10.1 Å². The average Bonchev–Trinajstić information content (AvgIpc) is 2.70. The number of nitrogens with one attached hydrogen (secondary N) is 1. The van der Waals surface area contributed by atoms with Crippen molar-refractivity contribution in [3.05, 3.63) is 64.7 Å². The molecule has 2 aromatic carbocycles. The molecule has 0 radical (unpaired) electrons. The number of fused-ring (bicyclic) bond motifs is 1. The number of carbonyl (C=O) groups is 1. The molecule has 1 atom stereocenters. The maximum atomic E-state index is 12.5. The fourth-order valence-corrected chi connectivity index (χ4v) is 3.87. The first kappa shape index (κ1) is 21.4. The topological polar surface area (TPSA) is 41.6 Å². The Bertz CT molecular complexity index is 831. The quantitative estimate of drug-likeness (QED) is 0.673. The molecule has 0 bridgehead atoms. The molecule has 2 aromatic rings. The fourth-order valence-electron chi connectivity index (χ4n) is 3.87. The van der Waals surface area contributed by atoms with Gasteiger partial charge in [0.15, 0.2) is 6.10 Å². The molecule has 0 aliphatic carbocycles. The smallest absolute Gasteiger partial charge is 0.260 e. The number of amides is 1. The lowest BCUT2D eigenvalue weighted by Gasteiger charge is -2.28. The van der Waals surface area contributed by atoms with Crippen LogP contribution in [0.4, 0.5) is 0 Å². The maximum absolute atomic E-state index is 12.5. The summed E-state index contributed by atoms with van der Waals surface area (Å²) in [6, 6.07) is 14.9. The molecule has 0 fully saturated rings. The monoisotopic (exact) mass is 394 g/mol. The molecule has 156 valence electrons. The summed E-state index contributed by atoms with van der Waals surface area (Å²) >= 11 is 0. The second-order valence-corrected chi connectivity index (χ2v) is 8.40. The van der Waals surface area contributed by atoms with Crippen molar-refractivity contribution in [2.75, 3.05) is 19.6 Å². The minimum atomic E-state index is -0.504. The van der Waals surface area contributed by atoms with E-state index in [1.54, 1.807) is 0 Å². The molecule has 1 aliphatic heterocycles. The van der Waals surface area contributed by atoms with Gasteiger partial charge in [-0.1, -0.05) is 50.2 Å². The van der Waals surface area contributed by atoms with Gasteiger partial charge in [-0.25, -0.2) is 0 Å². The molecule has 1 N–H and O–H groups in total. The van der Waals surface area contributed by atoms with E-state index in [4.69, 9.17) is 4.74 Å². The van der Waals surface area contributed by atoms with Crippen LogP contribution in [0.25, 0.3) is 0 Å². The van der Waals surface area contributed by atoms with Crippen LogP contribution in [0.1, 0.15) is 55.4 Å². The molecule has 4 nitrogen and oxygen atoms in total. The summed E-state index contributed by atoms with van der Waals surface area (Å²) in [5.41, 5.74) is 5.18. The van der Waals surface area contributed by atoms with E-state index in [2.05, 4.69) is 60.5 Å². The number of ether oxygens (including phenoxy) is 1. The van der Waals surface area contributed by atoms with Gasteiger partial charge in [0.1, 0.15) is 5.75 Å². The summed E-state index contributed by atoms with van der Waals surface area (Å²) in [5.74, 6) is 1.12. The molecule has 1 unspecified atom stereocenters. The van der Waals surface area contributed by atoms with Crippen LogP contribution in [0, 0.1) is 6.92 Å². The molecule has 0 saturated heterocycles. The summed E-state index contributed by atoms with van der Waals surface area (Å²) in [7, 11) is 0. The molecule has 1 heterocycles. The van der Waals surface area contributed by atoms with Crippen LogP contribution >= 0.6 is 0 Å². The van der Waals surface area contributed by atoms with Crippen LogP contribution in [0.2, 0.25) is 0 Å². The largest absolute Gasteiger partial charge is 0.481 e. The minimum absolute atomic E-state index is 0.0507. The molecule has 3 rings (SSSR count). The highest BCUT2D eigenvalue weighted by atomic mass is 16.5. The Balaban J connectivity index is 1.43. The second-order valence-electron chi connectivity index (χ2n) is 8.40. The van der Waals surface area contributed by atoms with Crippen molar-refractivity contribution in [1.29, 1.82) is 0 Å². The number of hydrogen-bond acceptors (Lipinski definition) is 3. The first-order chi connectivity index (χ1) is 13.9. The minimum Gasteiger partial charge on any atom is -0.481 e. The molecule has 1 aliphatic rings. The number of hydrogen-bond donors (Lipinski definition) is 1. The zero-order valence-electron chi connectivity index (χ0n) is 18.2. The molecule has 4 heteroatoms. The summed E-state index contributed by atoms with van der Waals surface area (Å²) in [4.78, 5) is 14.9. The zero-order chi connectivity index (χ0) is 20.8. The third-order valence-corrected chi connectivity index (χ3v) is 5.62. The van der Waals surface area contributed by atoms with Crippen LogP contribution in [-0.2, 0) is 17.8 Å². The fraction of sp³-hybridized carbons (Fsp3) is 0.480. The van der Waals surface area contributed by atoms with Crippen LogP contribution in [0.3, 0.4) is 0 Å². The number of benzene rings is 2. The van der Waals surface area contributed by atoms with Crippen molar-refractivity contribution in [2.24, 2.45) is 0 Å². The predicted molar refractivity (Wildman–Crippen MR) is 118 cm³/mol. The van der Waals surface area contributed by atoms with Gasteiger partial charge in [-0.15, -0.1) is 0 Å². The summed E-state index contributed by atoms with van der Waals surface area (Å²) in [5, 5.41) is 3.03. The van der Waals surface area contributed by atoms with E-state index in [9.17, 15) is 4.79 Å². The van der Waals surface area contributed by atoms with Gasteiger partial charge in [0, 0.05) is 26.2 Å². The SMILES string of the molecule is Cc1ccc(C(C)C)c(OC(C)C(=O)NCCCN2CCc3ccccc3C2)c1. The van der Waals surface area contributed by atoms with Crippen LogP contribution in [0.15, 0.2) is 42.5 Å². The lowest BCUT2D eigenvalue weighted by molar-refractivity contribution is -0.127. The van der Waals surface area contributed by atoms with E-state index in [1.807, 2.05) is 19.9 Å². The second kappa shape index (κ2) is 9.93. The van der Waals surface area contributed by atoms with E-state index in [1.165, 1.54) is 11.1 Å². The molecular formula is C25H34N2O2. The van der Waals surface area contributed by atoms with Gasteiger partial charge in [-0.2, -0.15) is 0 Å². The van der Waals surface area contributed by atoms with E-state index in [-0.39, 0.29) is 5.91 Å². The lowest BCUT2D eigenvalue weighted by atomic mass is 10.00. The maximum Gasteiger partial charge on any atom is 0.260 e. The molecule has 1 amide bonds. The predicted octanol–water partition coefficient (Wildman–Crippen LogP) is 4.45. The Kier molecular flexibility index (Phi) is 7.32. The average molecular weight is 395 g/mol. The molecule has 0 aromatic heterocycles. The van der Waals surface area contributed by atoms with Gasteiger partial charge in [0.05, 0.1) is 0 Å². The zero-order valence-corrected chi connectivity index (χ0v) is 18.2. The van der Waals surface area contributed by atoms with Gasteiger partial charge in [-0.05, 0) is 60.9 Å².